The highest BCUT2D eigenvalue weighted by Crippen LogP contribution is 2.34. The zero-order valence-corrected chi connectivity index (χ0v) is 24.6. The Labute approximate surface area is 242 Å². The molecule has 2 aliphatic heterocycles. The van der Waals surface area contributed by atoms with E-state index < -0.39 is 45.8 Å². The third-order valence-electron chi connectivity index (χ3n) is 7.37. The zero-order chi connectivity index (χ0) is 30.6. The van der Waals surface area contributed by atoms with Crippen LogP contribution in [0.2, 0.25) is 0 Å². The Morgan fingerprint density at radius 2 is 1.83 bits per heavy atom. The Kier molecular flexibility index (Phi) is 8.09. The van der Waals surface area contributed by atoms with Crippen molar-refractivity contribution in [2.24, 2.45) is 0 Å². The first-order valence-electron chi connectivity index (χ1n) is 13.6. The minimum atomic E-state index is -4.08. The number of piperazine rings is 1. The maximum absolute atomic E-state index is 16.0. The number of hydrogen-bond acceptors (Lipinski definition) is 7. The third kappa shape index (κ3) is 5.88. The Hall–Kier alpha value is -3.10. The molecule has 3 heterocycles. The summed E-state index contributed by atoms with van der Waals surface area (Å²) in [6.07, 6.45) is -2.47. The number of ether oxygens (including phenoxy) is 1. The second-order valence-electron chi connectivity index (χ2n) is 11.6. The number of hydrogen-bond donors (Lipinski definition) is 1. The molecule has 2 saturated heterocycles. The van der Waals surface area contributed by atoms with E-state index in [4.69, 9.17) is 4.74 Å². The Bertz CT molecular complexity index is 1650. The standard InChI is InChI=1S/C29H33F3N4O5S/c1-17-13-23(21-6-5-19(14-22(21)31)42(39,40)35-10-9-18(30)15-35)33-27-20(17)7-8-24(26(27)32)36-12-11-34(16-25(36)37)28(38)41-29(2,3)4/h5-8,13-14,18,28,38H,9-12,15-16H2,1-4H3/t18-,28?/m0/s1. The number of aromatic nitrogens is 1. The predicted octanol–water partition coefficient (Wildman–Crippen LogP) is 3.96. The largest absolute Gasteiger partial charge is 0.356 e. The van der Waals surface area contributed by atoms with Crippen molar-refractivity contribution < 1.29 is 36.2 Å². The highest BCUT2D eigenvalue weighted by Gasteiger charge is 2.34. The van der Waals surface area contributed by atoms with Crippen molar-refractivity contribution in [3.8, 4) is 11.3 Å². The molecule has 226 valence electrons. The number of carbonyl (C=O) groups excluding carboxylic acids is 1. The van der Waals surface area contributed by atoms with E-state index in [0.717, 1.165) is 10.4 Å². The first-order chi connectivity index (χ1) is 19.7. The monoisotopic (exact) mass is 606 g/mol. The summed E-state index contributed by atoms with van der Waals surface area (Å²) in [5.74, 6) is -2.08. The van der Waals surface area contributed by atoms with Gasteiger partial charge in [-0.3, -0.25) is 4.79 Å². The molecule has 0 radical (unpaired) electrons. The van der Waals surface area contributed by atoms with Gasteiger partial charge >= 0.3 is 0 Å². The molecule has 1 N–H and O–H groups in total. The van der Waals surface area contributed by atoms with E-state index in [1.165, 1.54) is 28.0 Å². The first kappa shape index (κ1) is 30.4. The minimum Gasteiger partial charge on any atom is -0.356 e. The fourth-order valence-corrected chi connectivity index (χ4v) is 6.70. The third-order valence-corrected chi connectivity index (χ3v) is 9.23. The van der Waals surface area contributed by atoms with Crippen molar-refractivity contribution >= 4 is 32.5 Å². The van der Waals surface area contributed by atoms with Crippen molar-refractivity contribution in [3.05, 3.63) is 53.6 Å². The number of aliphatic hydroxyl groups is 1. The van der Waals surface area contributed by atoms with Crippen LogP contribution in [0.5, 0.6) is 0 Å². The van der Waals surface area contributed by atoms with Gasteiger partial charge in [0.2, 0.25) is 22.3 Å². The number of aliphatic hydroxyl groups excluding tert-OH is 1. The van der Waals surface area contributed by atoms with Gasteiger partial charge < -0.3 is 14.7 Å². The maximum atomic E-state index is 16.0. The molecule has 1 aromatic heterocycles. The summed E-state index contributed by atoms with van der Waals surface area (Å²) < 4.78 is 77.1. The molecule has 2 atom stereocenters. The SMILES string of the molecule is Cc1cc(-c2ccc(S(=O)(=O)N3CC[C@H](F)C3)cc2F)nc2c(F)c(N3CCN(C(O)OC(C)(C)C)CC3=O)ccc12. The van der Waals surface area contributed by atoms with E-state index in [0.29, 0.717) is 10.9 Å². The summed E-state index contributed by atoms with van der Waals surface area (Å²) in [4.78, 5) is 19.8. The average molecular weight is 607 g/mol. The lowest BCUT2D eigenvalue weighted by Gasteiger charge is -2.38. The number of pyridine rings is 1. The summed E-state index contributed by atoms with van der Waals surface area (Å²) in [5, 5.41) is 10.8. The number of halogens is 3. The molecule has 0 saturated carbocycles. The lowest BCUT2D eigenvalue weighted by Crippen LogP contribution is -2.55. The number of aryl methyl sites for hydroxylation is 1. The summed E-state index contributed by atoms with van der Waals surface area (Å²) >= 11 is 0. The maximum Gasteiger partial charge on any atom is 0.243 e. The lowest BCUT2D eigenvalue weighted by atomic mass is 10.0. The van der Waals surface area contributed by atoms with E-state index >= 15 is 8.78 Å². The molecular weight excluding hydrogens is 573 g/mol. The second kappa shape index (κ2) is 11.2. The number of rotatable bonds is 6. The molecule has 0 bridgehead atoms. The summed E-state index contributed by atoms with van der Waals surface area (Å²) in [6.45, 7) is 6.92. The number of fused-ring (bicyclic) bond motifs is 1. The van der Waals surface area contributed by atoms with Crippen LogP contribution < -0.4 is 4.90 Å². The molecule has 2 aromatic carbocycles. The summed E-state index contributed by atoms with van der Waals surface area (Å²) in [5.41, 5.74) is -0.0582. The van der Waals surface area contributed by atoms with Crippen LogP contribution in [0.3, 0.4) is 0 Å². The second-order valence-corrected chi connectivity index (χ2v) is 13.5. The number of benzene rings is 2. The van der Waals surface area contributed by atoms with E-state index in [2.05, 4.69) is 4.98 Å². The van der Waals surface area contributed by atoms with Crippen molar-refractivity contribution in [1.82, 2.24) is 14.2 Å². The first-order valence-corrected chi connectivity index (χ1v) is 15.0. The fourth-order valence-electron chi connectivity index (χ4n) is 5.21. The van der Waals surface area contributed by atoms with Gasteiger partial charge in [-0.05, 0) is 70.0 Å². The van der Waals surface area contributed by atoms with Gasteiger partial charge in [-0.25, -0.2) is 31.5 Å². The normalized spacial score (nSPS) is 20.0. The molecule has 0 aliphatic carbocycles. The fraction of sp³-hybridized carbons (Fsp3) is 0.448. The van der Waals surface area contributed by atoms with Crippen molar-refractivity contribution in [3.63, 3.8) is 0 Å². The molecule has 42 heavy (non-hydrogen) atoms. The van der Waals surface area contributed by atoms with Crippen LogP contribution in [0.15, 0.2) is 41.3 Å². The molecule has 5 rings (SSSR count). The Morgan fingerprint density at radius 3 is 2.45 bits per heavy atom. The lowest BCUT2D eigenvalue weighted by molar-refractivity contribution is -0.239. The van der Waals surface area contributed by atoms with Gasteiger partial charge in [-0.15, -0.1) is 0 Å². The van der Waals surface area contributed by atoms with Gasteiger partial charge in [0.05, 0.1) is 28.4 Å². The van der Waals surface area contributed by atoms with Gasteiger partial charge in [0.25, 0.3) is 0 Å². The van der Waals surface area contributed by atoms with Crippen LogP contribution in [0.4, 0.5) is 18.9 Å². The van der Waals surface area contributed by atoms with Crippen LogP contribution in [0.1, 0.15) is 32.8 Å². The van der Waals surface area contributed by atoms with Crippen molar-refractivity contribution in [2.75, 3.05) is 37.6 Å². The van der Waals surface area contributed by atoms with Crippen molar-refractivity contribution in [1.29, 1.82) is 0 Å². The topological polar surface area (TPSA) is 103 Å². The van der Waals surface area contributed by atoms with Gasteiger partial charge in [0.15, 0.2) is 5.82 Å². The van der Waals surface area contributed by atoms with E-state index in [-0.39, 0.29) is 66.5 Å². The zero-order valence-electron chi connectivity index (χ0n) is 23.8. The molecule has 0 spiro atoms. The molecule has 13 heteroatoms. The Balaban J connectivity index is 1.44. The van der Waals surface area contributed by atoms with Crippen LogP contribution in [0.25, 0.3) is 22.2 Å². The number of carbonyl (C=O) groups is 1. The smallest absolute Gasteiger partial charge is 0.243 e. The van der Waals surface area contributed by atoms with Gasteiger partial charge in [0.1, 0.15) is 17.5 Å². The van der Waals surface area contributed by atoms with Crippen molar-refractivity contribution in [2.45, 2.75) is 57.2 Å². The van der Waals surface area contributed by atoms with Gasteiger partial charge in [0, 0.05) is 37.1 Å². The molecule has 3 aromatic rings. The number of amides is 1. The van der Waals surface area contributed by atoms with Crippen LogP contribution >= 0.6 is 0 Å². The highest BCUT2D eigenvalue weighted by molar-refractivity contribution is 7.89. The van der Waals surface area contributed by atoms with E-state index in [1.54, 1.807) is 39.8 Å². The average Bonchev–Trinajstić information content (AvgIpc) is 3.35. The number of anilines is 1. The number of alkyl halides is 1. The predicted molar refractivity (Wildman–Crippen MR) is 151 cm³/mol. The number of sulfonamides is 1. The van der Waals surface area contributed by atoms with Gasteiger partial charge in [-0.1, -0.05) is 6.07 Å². The minimum absolute atomic E-state index is 0.00104. The van der Waals surface area contributed by atoms with Crippen LogP contribution in [-0.4, -0.2) is 84.5 Å². The van der Waals surface area contributed by atoms with E-state index in [1.807, 2.05) is 0 Å². The summed E-state index contributed by atoms with van der Waals surface area (Å²) in [6, 6.07) is 8.04. The molecular formula is C29H33F3N4O5S. The van der Waals surface area contributed by atoms with Gasteiger partial charge in [-0.2, -0.15) is 4.31 Å². The molecule has 2 aliphatic rings. The summed E-state index contributed by atoms with van der Waals surface area (Å²) in [7, 11) is -4.08. The van der Waals surface area contributed by atoms with E-state index in [9.17, 15) is 22.7 Å². The Morgan fingerprint density at radius 1 is 1.10 bits per heavy atom. The molecule has 9 nitrogen and oxygen atoms in total. The highest BCUT2D eigenvalue weighted by atomic mass is 32.2. The molecule has 1 unspecified atom stereocenters. The van der Waals surface area contributed by atoms with Crippen LogP contribution in [0, 0.1) is 18.6 Å². The molecule has 1 amide bonds. The van der Waals surface area contributed by atoms with Crippen LogP contribution in [-0.2, 0) is 19.6 Å². The number of nitrogens with zero attached hydrogens (tertiary/aromatic N) is 4. The molecule has 2 fully saturated rings. The quantitative estimate of drug-likeness (QED) is 0.424.